The Bertz CT molecular complexity index is 536. The van der Waals surface area contributed by atoms with Gasteiger partial charge in [0.1, 0.15) is 18.0 Å². The van der Waals surface area contributed by atoms with Gasteiger partial charge < -0.3 is 5.32 Å². The quantitative estimate of drug-likeness (QED) is 0.901. The summed E-state index contributed by atoms with van der Waals surface area (Å²) < 4.78 is 15.2. The van der Waals surface area contributed by atoms with E-state index in [-0.39, 0.29) is 11.9 Å². The van der Waals surface area contributed by atoms with Crippen LogP contribution in [-0.4, -0.2) is 14.8 Å². The molecule has 18 heavy (non-hydrogen) atoms. The van der Waals surface area contributed by atoms with Gasteiger partial charge in [-0.2, -0.15) is 5.10 Å². The molecule has 0 amide bonds. The SMILES string of the molecule is Cc1ccc(C(C)NCc2ncnn2C)cc1F. The Morgan fingerprint density at radius 2 is 2.22 bits per heavy atom. The number of halogens is 1. The molecule has 1 aromatic heterocycles. The normalized spacial score (nSPS) is 12.7. The van der Waals surface area contributed by atoms with Gasteiger partial charge in [0.15, 0.2) is 0 Å². The van der Waals surface area contributed by atoms with Crippen molar-refractivity contribution in [2.75, 3.05) is 0 Å². The minimum Gasteiger partial charge on any atom is -0.303 e. The van der Waals surface area contributed by atoms with E-state index in [4.69, 9.17) is 0 Å². The molecule has 1 heterocycles. The lowest BCUT2D eigenvalue weighted by atomic mass is 10.1. The van der Waals surface area contributed by atoms with E-state index >= 15 is 0 Å². The molecule has 1 N–H and O–H groups in total. The molecule has 0 aliphatic heterocycles. The average Bonchev–Trinajstić information content (AvgIpc) is 2.75. The van der Waals surface area contributed by atoms with Gasteiger partial charge in [0.25, 0.3) is 0 Å². The van der Waals surface area contributed by atoms with Crippen LogP contribution < -0.4 is 5.32 Å². The molecule has 0 fully saturated rings. The van der Waals surface area contributed by atoms with Crippen molar-refractivity contribution in [3.8, 4) is 0 Å². The Morgan fingerprint density at radius 1 is 1.44 bits per heavy atom. The van der Waals surface area contributed by atoms with Crippen LogP contribution in [0.3, 0.4) is 0 Å². The van der Waals surface area contributed by atoms with Crippen molar-refractivity contribution in [2.45, 2.75) is 26.4 Å². The molecule has 0 saturated carbocycles. The summed E-state index contributed by atoms with van der Waals surface area (Å²) in [5, 5.41) is 7.30. The fourth-order valence-corrected chi connectivity index (χ4v) is 1.72. The Balaban J connectivity index is 2.01. The molecule has 1 unspecified atom stereocenters. The van der Waals surface area contributed by atoms with Gasteiger partial charge in [0, 0.05) is 13.1 Å². The minimum atomic E-state index is -0.167. The molecule has 0 aliphatic rings. The first-order valence-corrected chi connectivity index (χ1v) is 5.90. The lowest BCUT2D eigenvalue weighted by molar-refractivity contribution is 0.535. The van der Waals surface area contributed by atoms with Crippen molar-refractivity contribution < 1.29 is 4.39 Å². The summed E-state index contributed by atoms with van der Waals surface area (Å²) in [5.41, 5.74) is 1.60. The zero-order valence-corrected chi connectivity index (χ0v) is 10.8. The minimum absolute atomic E-state index is 0.0665. The highest BCUT2D eigenvalue weighted by molar-refractivity contribution is 5.25. The lowest BCUT2D eigenvalue weighted by Crippen LogP contribution is -2.20. The van der Waals surface area contributed by atoms with Crippen molar-refractivity contribution in [3.63, 3.8) is 0 Å². The lowest BCUT2D eigenvalue weighted by Gasteiger charge is -2.14. The molecule has 1 aromatic carbocycles. The van der Waals surface area contributed by atoms with Crippen LogP contribution in [0.15, 0.2) is 24.5 Å². The number of nitrogens with zero attached hydrogens (tertiary/aromatic N) is 3. The van der Waals surface area contributed by atoms with Gasteiger partial charge in [-0.05, 0) is 31.0 Å². The standard InChI is InChI=1S/C13H17FN4/c1-9-4-5-11(6-12(9)14)10(2)15-7-13-16-8-17-18(13)3/h4-6,8,10,15H,7H2,1-3H3. The maximum atomic E-state index is 13.5. The number of hydrogen-bond acceptors (Lipinski definition) is 3. The fourth-order valence-electron chi connectivity index (χ4n) is 1.72. The third-order valence-corrected chi connectivity index (χ3v) is 3.07. The molecule has 0 saturated heterocycles. The number of rotatable bonds is 4. The largest absolute Gasteiger partial charge is 0.303 e. The zero-order valence-electron chi connectivity index (χ0n) is 10.8. The smallest absolute Gasteiger partial charge is 0.140 e. The number of benzene rings is 1. The summed E-state index contributed by atoms with van der Waals surface area (Å²) in [6, 6.07) is 5.37. The maximum absolute atomic E-state index is 13.5. The van der Waals surface area contributed by atoms with Gasteiger partial charge in [0.2, 0.25) is 0 Å². The van der Waals surface area contributed by atoms with E-state index in [0.717, 1.165) is 11.4 Å². The van der Waals surface area contributed by atoms with Crippen LogP contribution in [0, 0.1) is 12.7 Å². The second kappa shape index (κ2) is 5.27. The highest BCUT2D eigenvalue weighted by Crippen LogP contribution is 2.16. The summed E-state index contributed by atoms with van der Waals surface area (Å²) >= 11 is 0. The Kier molecular flexibility index (Phi) is 3.72. The maximum Gasteiger partial charge on any atom is 0.140 e. The Hall–Kier alpha value is -1.75. The number of nitrogens with one attached hydrogen (secondary N) is 1. The summed E-state index contributed by atoms with van der Waals surface area (Å²) in [6.45, 7) is 4.37. The van der Waals surface area contributed by atoms with E-state index in [0.29, 0.717) is 12.1 Å². The summed E-state index contributed by atoms with van der Waals surface area (Å²) in [7, 11) is 1.85. The third-order valence-electron chi connectivity index (χ3n) is 3.07. The molecule has 2 rings (SSSR count). The van der Waals surface area contributed by atoms with E-state index < -0.39 is 0 Å². The number of aromatic nitrogens is 3. The third kappa shape index (κ3) is 2.73. The van der Waals surface area contributed by atoms with E-state index in [1.165, 1.54) is 6.33 Å². The van der Waals surface area contributed by atoms with Gasteiger partial charge in [-0.1, -0.05) is 12.1 Å². The predicted molar refractivity (Wildman–Crippen MR) is 67.4 cm³/mol. The Morgan fingerprint density at radius 3 is 2.83 bits per heavy atom. The van der Waals surface area contributed by atoms with Crippen LogP contribution in [0.1, 0.15) is 29.9 Å². The second-order valence-corrected chi connectivity index (χ2v) is 4.41. The number of hydrogen-bond donors (Lipinski definition) is 1. The first-order valence-electron chi connectivity index (χ1n) is 5.90. The Labute approximate surface area is 106 Å². The van der Waals surface area contributed by atoms with Crippen molar-refractivity contribution in [2.24, 2.45) is 7.05 Å². The van der Waals surface area contributed by atoms with Gasteiger partial charge >= 0.3 is 0 Å². The molecule has 1 atom stereocenters. The van der Waals surface area contributed by atoms with E-state index in [9.17, 15) is 4.39 Å². The highest BCUT2D eigenvalue weighted by Gasteiger charge is 2.08. The molecule has 5 heteroatoms. The molecule has 0 aliphatic carbocycles. The van der Waals surface area contributed by atoms with E-state index in [2.05, 4.69) is 15.4 Å². The molecule has 0 spiro atoms. The topological polar surface area (TPSA) is 42.7 Å². The summed E-state index contributed by atoms with van der Waals surface area (Å²) in [4.78, 5) is 4.13. The van der Waals surface area contributed by atoms with Gasteiger partial charge in [0.05, 0.1) is 6.54 Å². The van der Waals surface area contributed by atoms with Crippen LogP contribution in [0.2, 0.25) is 0 Å². The molecular weight excluding hydrogens is 231 g/mol. The van der Waals surface area contributed by atoms with Crippen LogP contribution in [-0.2, 0) is 13.6 Å². The average molecular weight is 248 g/mol. The molecule has 0 radical (unpaired) electrons. The second-order valence-electron chi connectivity index (χ2n) is 4.41. The van der Waals surface area contributed by atoms with E-state index in [1.54, 1.807) is 23.7 Å². The van der Waals surface area contributed by atoms with Crippen molar-refractivity contribution in [1.82, 2.24) is 20.1 Å². The molecule has 4 nitrogen and oxygen atoms in total. The molecule has 0 bridgehead atoms. The van der Waals surface area contributed by atoms with Crippen molar-refractivity contribution in [3.05, 3.63) is 47.3 Å². The monoisotopic (exact) mass is 248 g/mol. The fraction of sp³-hybridized carbons (Fsp3) is 0.385. The molecular formula is C13H17FN4. The first-order chi connectivity index (χ1) is 8.58. The zero-order chi connectivity index (χ0) is 13.1. The number of aryl methyl sites for hydroxylation is 2. The van der Waals surface area contributed by atoms with Crippen LogP contribution in [0.25, 0.3) is 0 Å². The first kappa shape index (κ1) is 12.7. The molecule has 96 valence electrons. The van der Waals surface area contributed by atoms with Crippen LogP contribution in [0.5, 0.6) is 0 Å². The van der Waals surface area contributed by atoms with E-state index in [1.807, 2.05) is 20.0 Å². The highest BCUT2D eigenvalue weighted by atomic mass is 19.1. The summed E-state index contributed by atoms with van der Waals surface area (Å²) in [5.74, 6) is 0.689. The summed E-state index contributed by atoms with van der Waals surface area (Å²) in [6.07, 6.45) is 1.52. The van der Waals surface area contributed by atoms with Gasteiger partial charge in [-0.15, -0.1) is 0 Å². The molecule has 2 aromatic rings. The van der Waals surface area contributed by atoms with Crippen LogP contribution >= 0.6 is 0 Å². The van der Waals surface area contributed by atoms with Crippen molar-refractivity contribution in [1.29, 1.82) is 0 Å². The van der Waals surface area contributed by atoms with Gasteiger partial charge in [-0.3, -0.25) is 4.68 Å². The van der Waals surface area contributed by atoms with Crippen molar-refractivity contribution >= 4 is 0 Å². The van der Waals surface area contributed by atoms with Crippen LogP contribution in [0.4, 0.5) is 4.39 Å². The van der Waals surface area contributed by atoms with Gasteiger partial charge in [-0.25, -0.2) is 9.37 Å². The predicted octanol–water partition coefficient (Wildman–Crippen LogP) is 2.11.